The summed E-state index contributed by atoms with van der Waals surface area (Å²) in [6.45, 7) is -4.67. The van der Waals surface area contributed by atoms with E-state index >= 15 is 0 Å². The van der Waals surface area contributed by atoms with Gasteiger partial charge >= 0.3 is 45.5 Å². The standard InChI is InChI=1S/ClH2O3P.H3P.Sr/c1-5(2,3)4;;/h(H2,2,3,4);1H3;/q;;+2/p-2. The Morgan fingerprint density at radius 2 is 1.43 bits per heavy atom. The van der Waals surface area contributed by atoms with Gasteiger partial charge in [0.25, 0.3) is 0 Å². The molecule has 0 spiro atoms. The Balaban J connectivity index is -0.0000000800. The quantitative estimate of drug-likeness (QED) is 0.389. The van der Waals surface area contributed by atoms with Crippen molar-refractivity contribution in [2.45, 2.75) is 0 Å². The number of rotatable bonds is 0. The van der Waals surface area contributed by atoms with E-state index < -0.39 is 6.95 Å². The zero-order chi connectivity index (χ0) is 4.50. The zero-order valence-corrected chi connectivity index (χ0v) is 10.0. The SMILES string of the molecule is O=P([O-])([O-])Cl.P.[Sr+2]. The second-order valence-electron chi connectivity index (χ2n) is 0.431. The zero-order valence-electron chi connectivity index (χ0n) is 3.46. The largest absolute Gasteiger partial charge is 2.00 e. The predicted octanol–water partition coefficient (Wildman–Crippen LogP) is -1.27. The fraction of sp³-hybridized carbons (Fsp3) is 0. The smallest absolute Gasteiger partial charge is 0.799 e. The monoisotopic (exact) mass is 236 g/mol. The molecule has 0 bridgehead atoms. The van der Waals surface area contributed by atoms with Crippen LogP contribution in [0.2, 0.25) is 0 Å². The summed E-state index contributed by atoms with van der Waals surface area (Å²) < 4.78 is 8.87. The minimum Gasteiger partial charge on any atom is -0.799 e. The van der Waals surface area contributed by atoms with E-state index in [1.807, 2.05) is 0 Å². The van der Waals surface area contributed by atoms with Crippen LogP contribution in [0.25, 0.3) is 0 Å². The number of halogens is 1. The first kappa shape index (κ1) is 16.2. The first-order valence-corrected chi connectivity index (χ1v) is 3.16. The second kappa shape index (κ2) is 6.47. The van der Waals surface area contributed by atoms with Crippen molar-refractivity contribution < 1.29 is 14.4 Å². The van der Waals surface area contributed by atoms with Gasteiger partial charge in [-0.2, -0.15) is 9.90 Å². The summed E-state index contributed by atoms with van der Waals surface area (Å²) in [6, 6.07) is 0. The first-order chi connectivity index (χ1) is 2.00. The van der Waals surface area contributed by atoms with Gasteiger partial charge in [0.15, 0.2) is 0 Å². The van der Waals surface area contributed by atoms with E-state index in [1.165, 1.54) is 0 Å². The minimum atomic E-state index is -4.67. The Bertz CT molecular complexity index is 59.1. The van der Waals surface area contributed by atoms with Crippen molar-refractivity contribution in [2.75, 3.05) is 0 Å². The van der Waals surface area contributed by atoms with Crippen LogP contribution < -0.4 is 9.79 Å². The van der Waals surface area contributed by atoms with E-state index in [9.17, 15) is 0 Å². The third-order valence-corrected chi connectivity index (χ3v) is 0. The summed E-state index contributed by atoms with van der Waals surface area (Å²) in [6.07, 6.45) is 0. The fourth-order valence-electron chi connectivity index (χ4n) is 0. The molecule has 0 aliphatic rings. The van der Waals surface area contributed by atoms with Gasteiger partial charge < -0.3 is 14.4 Å². The molecule has 0 amide bonds. The van der Waals surface area contributed by atoms with E-state index in [1.54, 1.807) is 0 Å². The molecule has 0 aliphatic heterocycles. The van der Waals surface area contributed by atoms with Gasteiger partial charge in [0, 0.05) is 6.95 Å². The van der Waals surface area contributed by atoms with Gasteiger partial charge in [-0.05, 0) is 0 Å². The van der Waals surface area contributed by atoms with Crippen molar-refractivity contribution in [3.63, 3.8) is 0 Å². The van der Waals surface area contributed by atoms with E-state index in [0.717, 1.165) is 0 Å². The number of hydrogen-bond acceptors (Lipinski definition) is 3. The molecule has 40 valence electrons. The summed E-state index contributed by atoms with van der Waals surface area (Å²) in [5.74, 6) is 0. The summed E-state index contributed by atoms with van der Waals surface area (Å²) >= 11 is 3.97. The molecule has 0 N–H and O–H groups in total. The third kappa shape index (κ3) is 61.0. The maximum Gasteiger partial charge on any atom is 2.00 e. The van der Waals surface area contributed by atoms with Crippen molar-refractivity contribution in [1.82, 2.24) is 0 Å². The molecule has 0 aromatic rings. The van der Waals surface area contributed by atoms with Gasteiger partial charge in [0.1, 0.15) is 0 Å². The molecule has 0 saturated heterocycles. The molecule has 0 aliphatic carbocycles. The van der Waals surface area contributed by atoms with Crippen molar-refractivity contribution in [2.24, 2.45) is 0 Å². The van der Waals surface area contributed by atoms with E-state index in [2.05, 4.69) is 11.2 Å². The Morgan fingerprint density at radius 3 is 1.43 bits per heavy atom. The summed E-state index contributed by atoms with van der Waals surface area (Å²) in [5.41, 5.74) is 0. The molecule has 7 heavy (non-hydrogen) atoms. The van der Waals surface area contributed by atoms with Crippen LogP contribution in [0, 0.1) is 0 Å². The molecule has 0 heterocycles. The van der Waals surface area contributed by atoms with Crippen LogP contribution in [-0.4, -0.2) is 45.5 Å². The van der Waals surface area contributed by atoms with Gasteiger partial charge in [-0.3, -0.25) is 0 Å². The molecular formula is H3ClO3P2Sr. The van der Waals surface area contributed by atoms with Gasteiger partial charge in [-0.15, -0.1) is 0 Å². The maximum atomic E-state index is 8.87. The molecular weight excluding hydrogens is 233 g/mol. The third-order valence-electron chi connectivity index (χ3n) is 0. The molecule has 3 nitrogen and oxygen atoms in total. The van der Waals surface area contributed by atoms with Crippen LogP contribution in [0.3, 0.4) is 0 Å². The Hall–Kier alpha value is 2.35. The van der Waals surface area contributed by atoms with Crippen LogP contribution >= 0.6 is 28.1 Å². The van der Waals surface area contributed by atoms with Crippen LogP contribution in [0.1, 0.15) is 0 Å². The Morgan fingerprint density at radius 1 is 1.43 bits per heavy atom. The van der Waals surface area contributed by atoms with Crippen molar-refractivity contribution in [1.29, 1.82) is 0 Å². The molecule has 0 fully saturated rings. The first-order valence-electron chi connectivity index (χ1n) is 0.717. The predicted molar refractivity (Wildman–Crippen MR) is 30.3 cm³/mol. The minimum absolute atomic E-state index is 0. The molecule has 0 radical (unpaired) electrons. The van der Waals surface area contributed by atoms with E-state index in [4.69, 9.17) is 14.4 Å². The van der Waals surface area contributed by atoms with Gasteiger partial charge in [-0.1, -0.05) is 11.2 Å². The molecule has 1 unspecified atom stereocenters. The van der Waals surface area contributed by atoms with Crippen LogP contribution in [0.4, 0.5) is 0 Å². The molecule has 0 saturated carbocycles. The molecule has 0 aromatic heterocycles. The second-order valence-corrected chi connectivity index (χ2v) is 2.53. The summed E-state index contributed by atoms with van der Waals surface area (Å²) in [4.78, 5) is 17.7. The van der Waals surface area contributed by atoms with Crippen molar-refractivity contribution >= 4 is 73.6 Å². The normalized spacial score (nSPS) is 8.43. The van der Waals surface area contributed by atoms with Crippen LogP contribution in [0.5, 0.6) is 0 Å². The van der Waals surface area contributed by atoms with Crippen LogP contribution in [-0.2, 0) is 4.57 Å². The average molecular weight is 236 g/mol. The number of hydrogen-bond donors (Lipinski definition) is 0. The molecule has 1 atom stereocenters. The fourth-order valence-corrected chi connectivity index (χ4v) is 0. The molecule has 0 aromatic carbocycles. The van der Waals surface area contributed by atoms with Crippen molar-refractivity contribution in [3.8, 4) is 0 Å². The van der Waals surface area contributed by atoms with E-state index in [-0.39, 0.29) is 55.4 Å². The average Bonchev–Trinajstić information content (AvgIpc) is 0.722. The topological polar surface area (TPSA) is 63.2 Å². The summed E-state index contributed by atoms with van der Waals surface area (Å²) in [5, 5.41) is 0. The maximum absolute atomic E-state index is 8.87. The summed E-state index contributed by atoms with van der Waals surface area (Å²) in [7, 11) is 0. The van der Waals surface area contributed by atoms with Gasteiger partial charge in [0.05, 0.1) is 0 Å². The Kier molecular flexibility index (Phi) is 14.9. The van der Waals surface area contributed by atoms with Gasteiger partial charge in [-0.25, -0.2) is 0 Å². The molecule has 7 heteroatoms. The van der Waals surface area contributed by atoms with Crippen LogP contribution in [0.15, 0.2) is 0 Å². The Labute approximate surface area is 86.7 Å². The van der Waals surface area contributed by atoms with Crippen molar-refractivity contribution in [3.05, 3.63) is 0 Å². The molecule has 0 rings (SSSR count). The van der Waals surface area contributed by atoms with Gasteiger partial charge in [0.2, 0.25) is 0 Å². The van der Waals surface area contributed by atoms with E-state index in [0.29, 0.717) is 0 Å².